The Morgan fingerprint density at radius 2 is 2.25 bits per heavy atom. The zero-order valence-electron chi connectivity index (χ0n) is 11.3. The van der Waals surface area contributed by atoms with E-state index < -0.39 is 21.8 Å². The third-order valence-corrected chi connectivity index (χ3v) is 5.08. The van der Waals surface area contributed by atoms with Gasteiger partial charge in [-0.1, -0.05) is 6.07 Å². The maximum Gasteiger partial charge on any atom is 0.304 e. The van der Waals surface area contributed by atoms with Crippen molar-refractivity contribution in [1.29, 1.82) is 0 Å². The first kappa shape index (κ1) is 14.9. The monoisotopic (exact) mass is 298 g/mol. The molecule has 1 fully saturated rings. The summed E-state index contributed by atoms with van der Waals surface area (Å²) in [5.74, 6) is -0.972. The van der Waals surface area contributed by atoms with Gasteiger partial charge in [0.25, 0.3) is 0 Å². The molecule has 1 N–H and O–H groups in total. The normalized spacial score (nSPS) is 22.6. The van der Waals surface area contributed by atoms with Gasteiger partial charge in [-0.25, -0.2) is 8.42 Å². The number of hydrogen-bond acceptors (Lipinski definition) is 5. The van der Waals surface area contributed by atoms with Gasteiger partial charge >= 0.3 is 5.97 Å². The number of carboxylic acids is 1. The van der Waals surface area contributed by atoms with E-state index in [1.807, 2.05) is 17.9 Å². The molecule has 1 aliphatic heterocycles. The van der Waals surface area contributed by atoms with Crippen LogP contribution >= 0.6 is 0 Å². The van der Waals surface area contributed by atoms with Crippen molar-refractivity contribution in [2.45, 2.75) is 25.9 Å². The van der Waals surface area contributed by atoms with Crippen molar-refractivity contribution in [2.24, 2.45) is 0 Å². The lowest BCUT2D eigenvalue weighted by Crippen LogP contribution is -2.48. The van der Waals surface area contributed by atoms with Crippen LogP contribution in [0.15, 0.2) is 18.5 Å². The highest BCUT2D eigenvalue weighted by Crippen LogP contribution is 2.18. The van der Waals surface area contributed by atoms with E-state index in [0.29, 0.717) is 13.1 Å². The number of carbonyl (C=O) groups is 1. The second-order valence-corrected chi connectivity index (χ2v) is 7.44. The molecule has 1 aromatic rings. The van der Waals surface area contributed by atoms with Crippen molar-refractivity contribution in [3.05, 3.63) is 29.6 Å². The first-order valence-corrected chi connectivity index (χ1v) is 8.25. The molecule has 1 saturated heterocycles. The number of rotatable bonds is 4. The van der Waals surface area contributed by atoms with Crippen LogP contribution in [0, 0.1) is 6.92 Å². The minimum atomic E-state index is -3.13. The number of sulfone groups is 1. The van der Waals surface area contributed by atoms with E-state index >= 15 is 0 Å². The summed E-state index contributed by atoms with van der Waals surface area (Å²) in [4.78, 5) is 16.9. The smallest absolute Gasteiger partial charge is 0.304 e. The van der Waals surface area contributed by atoms with Crippen LogP contribution in [0.2, 0.25) is 0 Å². The molecule has 110 valence electrons. The first-order chi connectivity index (χ1) is 9.35. The van der Waals surface area contributed by atoms with Gasteiger partial charge < -0.3 is 5.11 Å². The molecular formula is C13H18N2O4S. The Labute approximate surface area is 118 Å². The van der Waals surface area contributed by atoms with Gasteiger partial charge in [-0.05, 0) is 18.1 Å². The fourth-order valence-corrected chi connectivity index (χ4v) is 4.05. The van der Waals surface area contributed by atoms with Gasteiger partial charge in [-0.2, -0.15) is 0 Å². The summed E-state index contributed by atoms with van der Waals surface area (Å²) in [6.07, 6.45) is 3.32. The molecule has 1 atom stereocenters. The number of pyridine rings is 1. The minimum absolute atomic E-state index is 0.0848. The van der Waals surface area contributed by atoms with Crippen molar-refractivity contribution in [1.82, 2.24) is 9.88 Å². The van der Waals surface area contributed by atoms with Crippen LogP contribution in [0.4, 0.5) is 0 Å². The summed E-state index contributed by atoms with van der Waals surface area (Å²) < 4.78 is 23.3. The van der Waals surface area contributed by atoms with Crippen LogP contribution in [0.1, 0.15) is 17.5 Å². The van der Waals surface area contributed by atoms with E-state index in [1.54, 1.807) is 12.4 Å². The SMILES string of the molecule is Cc1cncc(CN2CCS(=O)(=O)CC2CC(=O)O)c1. The zero-order valence-corrected chi connectivity index (χ0v) is 12.1. The Hall–Kier alpha value is -1.47. The number of carboxylic acid groups (broad SMARTS) is 1. The Bertz CT molecular complexity index is 600. The van der Waals surface area contributed by atoms with Gasteiger partial charge in [0, 0.05) is 31.5 Å². The van der Waals surface area contributed by atoms with Gasteiger partial charge in [0.2, 0.25) is 0 Å². The van der Waals surface area contributed by atoms with Gasteiger partial charge in [-0.15, -0.1) is 0 Å². The number of aryl methyl sites for hydroxylation is 1. The third kappa shape index (κ3) is 4.01. The lowest BCUT2D eigenvalue weighted by atomic mass is 10.1. The van der Waals surface area contributed by atoms with E-state index in [2.05, 4.69) is 4.98 Å². The molecule has 0 bridgehead atoms. The minimum Gasteiger partial charge on any atom is -0.481 e. The zero-order chi connectivity index (χ0) is 14.8. The highest BCUT2D eigenvalue weighted by atomic mass is 32.2. The van der Waals surface area contributed by atoms with Gasteiger partial charge in [0.05, 0.1) is 17.9 Å². The van der Waals surface area contributed by atoms with Crippen LogP contribution < -0.4 is 0 Å². The first-order valence-electron chi connectivity index (χ1n) is 6.42. The van der Waals surface area contributed by atoms with Crippen LogP contribution in [-0.2, 0) is 21.2 Å². The Morgan fingerprint density at radius 1 is 1.50 bits per heavy atom. The van der Waals surface area contributed by atoms with E-state index in [0.717, 1.165) is 11.1 Å². The topological polar surface area (TPSA) is 87.6 Å². The lowest BCUT2D eigenvalue weighted by Gasteiger charge is -2.34. The van der Waals surface area contributed by atoms with Crippen molar-refractivity contribution in [2.75, 3.05) is 18.1 Å². The fraction of sp³-hybridized carbons (Fsp3) is 0.538. The van der Waals surface area contributed by atoms with E-state index in [-0.39, 0.29) is 17.9 Å². The van der Waals surface area contributed by atoms with Gasteiger partial charge in [0.15, 0.2) is 9.84 Å². The number of hydrogen-bond donors (Lipinski definition) is 1. The second kappa shape index (κ2) is 5.88. The summed E-state index contributed by atoms with van der Waals surface area (Å²) in [5, 5.41) is 8.93. The average molecular weight is 298 g/mol. The molecule has 0 amide bonds. The molecule has 0 saturated carbocycles. The molecule has 2 heterocycles. The van der Waals surface area contributed by atoms with Crippen LogP contribution in [0.25, 0.3) is 0 Å². The Kier molecular flexibility index (Phi) is 4.39. The molecule has 6 nitrogen and oxygen atoms in total. The highest BCUT2D eigenvalue weighted by molar-refractivity contribution is 7.91. The fourth-order valence-electron chi connectivity index (χ4n) is 2.46. The van der Waals surface area contributed by atoms with Gasteiger partial charge in [0.1, 0.15) is 0 Å². The van der Waals surface area contributed by atoms with Gasteiger partial charge in [-0.3, -0.25) is 14.7 Å². The molecule has 2 rings (SSSR count). The van der Waals surface area contributed by atoms with Crippen molar-refractivity contribution >= 4 is 15.8 Å². The van der Waals surface area contributed by atoms with Crippen molar-refractivity contribution < 1.29 is 18.3 Å². The summed E-state index contributed by atoms with van der Waals surface area (Å²) in [6, 6.07) is 1.51. The van der Waals surface area contributed by atoms with Crippen LogP contribution in [0.5, 0.6) is 0 Å². The molecule has 0 radical (unpaired) electrons. The number of aromatic nitrogens is 1. The molecule has 20 heavy (non-hydrogen) atoms. The van der Waals surface area contributed by atoms with Crippen molar-refractivity contribution in [3.63, 3.8) is 0 Å². The highest BCUT2D eigenvalue weighted by Gasteiger charge is 2.32. The quantitative estimate of drug-likeness (QED) is 0.869. The molecule has 1 aliphatic rings. The molecule has 0 aliphatic carbocycles. The molecular weight excluding hydrogens is 280 g/mol. The molecule has 7 heteroatoms. The molecule has 0 aromatic carbocycles. The lowest BCUT2D eigenvalue weighted by molar-refractivity contribution is -0.138. The Morgan fingerprint density at radius 3 is 2.90 bits per heavy atom. The number of aliphatic carboxylic acids is 1. The van der Waals surface area contributed by atoms with E-state index in [9.17, 15) is 13.2 Å². The van der Waals surface area contributed by atoms with Crippen LogP contribution in [-0.4, -0.2) is 53.5 Å². The summed E-state index contributed by atoms with van der Waals surface area (Å²) in [5.41, 5.74) is 2.00. The summed E-state index contributed by atoms with van der Waals surface area (Å²) >= 11 is 0. The number of nitrogens with zero attached hydrogens (tertiary/aromatic N) is 2. The predicted octanol–water partition coefficient (Wildman–Crippen LogP) is 0.464. The maximum atomic E-state index is 11.7. The maximum absolute atomic E-state index is 11.7. The van der Waals surface area contributed by atoms with E-state index in [1.165, 1.54) is 0 Å². The standard InChI is InChI=1S/C13H18N2O4S/c1-10-4-11(7-14-6-10)8-15-2-3-20(18,19)9-12(15)5-13(16)17/h4,6-7,12H,2-3,5,8-9H2,1H3,(H,16,17). The summed E-state index contributed by atoms with van der Waals surface area (Å²) in [7, 11) is -3.13. The Balaban J connectivity index is 2.13. The predicted molar refractivity (Wildman–Crippen MR) is 74.1 cm³/mol. The van der Waals surface area contributed by atoms with Crippen LogP contribution in [0.3, 0.4) is 0 Å². The molecule has 1 unspecified atom stereocenters. The average Bonchev–Trinajstić information content (AvgIpc) is 2.31. The largest absolute Gasteiger partial charge is 0.481 e. The van der Waals surface area contributed by atoms with E-state index in [4.69, 9.17) is 5.11 Å². The molecule has 1 aromatic heterocycles. The summed E-state index contributed by atoms with van der Waals surface area (Å²) in [6.45, 7) is 2.84. The third-order valence-electron chi connectivity index (χ3n) is 3.38. The molecule has 0 spiro atoms. The second-order valence-electron chi connectivity index (χ2n) is 5.21. The van der Waals surface area contributed by atoms with Crippen molar-refractivity contribution in [3.8, 4) is 0 Å².